The van der Waals surface area contributed by atoms with Gasteiger partial charge in [0.25, 0.3) is 5.91 Å². The number of rotatable bonds is 5. The number of amides is 1. The van der Waals surface area contributed by atoms with Crippen LogP contribution in [-0.2, 0) is 0 Å². The number of carbonyl (C=O) groups excluding carboxylic acids is 1. The Morgan fingerprint density at radius 2 is 1.80 bits per heavy atom. The Balaban J connectivity index is 2.25. The van der Waals surface area contributed by atoms with Gasteiger partial charge in [0.2, 0.25) is 11.9 Å². The molecule has 6 nitrogen and oxygen atoms in total. The molecule has 0 fully saturated rings. The van der Waals surface area contributed by atoms with Crippen molar-refractivity contribution in [1.82, 2.24) is 15.3 Å². The average Bonchev–Trinajstić information content (AvgIpc) is 2.51. The van der Waals surface area contributed by atoms with Gasteiger partial charge in [0.05, 0.1) is 7.11 Å². The number of aromatic nitrogens is 2. The molecule has 134 valence electrons. The van der Waals surface area contributed by atoms with E-state index in [1.807, 2.05) is 20.8 Å². The molecule has 0 aliphatic heterocycles. The van der Waals surface area contributed by atoms with Crippen molar-refractivity contribution in [3.05, 3.63) is 41.9 Å². The van der Waals surface area contributed by atoms with Gasteiger partial charge in [-0.3, -0.25) is 4.79 Å². The Bertz CT molecular complexity index is 755. The summed E-state index contributed by atoms with van der Waals surface area (Å²) in [5.74, 6) is -1.78. The number of nitrogens with zero attached hydrogens (tertiary/aromatic N) is 2. The summed E-state index contributed by atoms with van der Waals surface area (Å²) in [7, 11) is 1.43. The minimum absolute atomic E-state index is 0.0757. The standard InChI is InChI=1S/C17H20F2N4O2/c1-17(2,3)9-20-16(24)15-11(25-4)5-6-14(23-15)21-10-7-12(18)22-13(19)8-10/h5-8H,9H2,1-4H3,(H,20,24)(H,21,22,23). The van der Waals surface area contributed by atoms with Crippen LogP contribution in [0.5, 0.6) is 5.75 Å². The van der Waals surface area contributed by atoms with Crippen LogP contribution in [-0.4, -0.2) is 29.5 Å². The Hall–Kier alpha value is -2.77. The third kappa shape index (κ3) is 5.37. The lowest BCUT2D eigenvalue weighted by Gasteiger charge is -2.19. The van der Waals surface area contributed by atoms with E-state index in [1.54, 1.807) is 6.07 Å². The number of carbonyl (C=O) groups is 1. The second kappa shape index (κ2) is 7.42. The van der Waals surface area contributed by atoms with E-state index in [1.165, 1.54) is 13.2 Å². The van der Waals surface area contributed by atoms with Crippen molar-refractivity contribution < 1.29 is 18.3 Å². The van der Waals surface area contributed by atoms with Gasteiger partial charge in [0.1, 0.15) is 11.6 Å². The van der Waals surface area contributed by atoms with Gasteiger partial charge in [-0.05, 0) is 17.5 Å². The normalized spacial score (nSPS) is 11.1. The molecule has 2 N–H and O–H groups in total. The summed E-state index contributed by atoms with van der Waals surface area (Å²) in [6.07, 6.45) is 0. The Labute approximate surface area is 144 Å². The average molecular weight is 350 g/mol. The van der Waals surface area contributed by atoms with Crippen molar-refractivity contribution in [1.29, 1.82) is 0 Å². The fourth-order valence-corrected chi connectivity index (χ4v) is 1.96. The van der Waals surface area contributed by atoms with Crippen LogP contribution >= 0.6 is 0 Å². The van der Waals surface area contributed by atoms with Crippen molar-refractivity contribution in [2.75, 3.05) is 19.0 Å². The summed E-state index contributed by atoms with van der Waals surface area (Å²) < 4.78 is 31.5. The Morgan fingerprint density at radius 3 is 2.36 bits per heavy atom. The summed E-state index contributed by atoms with van der Waals surface area (Å²) in [4.78, 5) is 19.6. The molecule has 1 amide bonds. The van der Waals surface area contributed by atoms with Gasteiger partial charge in [0, 0.05) is 24.4 Å². The molecule has 0 aromatic carbocycles. The highest BCUT2D eigenvalue weighted by molar-refractivity contribution is 5.95. The topological polar surface area (TPSA) is 76.1 Å². The molecule has 2 rings (SSSR count). The number of halogens is 2. The summed E-state index contributed by atoms with van der Waals surface area (Å²) >= 11 is 0. The van der Waals surface area contributed by atoms with Gasteiger partial charge in [-0.15, -0.1) is 0 Å². The zero-order valence-corrected chi connectivity index (χ0v) is 14.5. The van der Waals surface area contributed by atoms with Gasteiger partial charge in [-0.1, -0.05) is 20.8 Å². The van der Waals surface area contributed by atoms with Gasteiger partial charge in [0.15, 0.2) is 5.69 Å². The van der Waals surface area contributed by atoms with Crippen LogP contribution < -0.4 is 15.4 Å². The quantitative estimate of drug-likeness (QED) is 0.810. The van der Waals surface area contributed by atoms with E-state index in [0.29, 0.717) is 12.3 Å². The predicted molar refractivity (Wildman–Crippen MR) is 90.0 cm³/mol. The van der Waals surface area contributed by atoms with E-state index < -0.39 is 17.8 Å². The predicted octanol–water partition coefficient (Wildman–Crippen LogP) is 3.28. The summed E-state index contributed by atoms with van der Waals surface area (Å²) in [6.45, 7) is 6.42. The molecule has 25 heavy (non-hydrogen) atoms. The van der Waals surface area contributed by atoms with Gasteiger partial charge in [-0.2, -0.15) is 13.8 Å². The molecule has 2 aromatic rings. The first-order chi connectivity index (χ1) is 11.7. The highest BCUT2D eigenvalue weighted by Crippen LogP contribution is 2.22. The molecule has 2 heterocycles. The molecule has 0 saturated carbocycles. The van der Waals surface area contributed by atoms with Crippen molar-refractivity contribution >= 4 is 17.4 Å². The first kappa shape index (κ1) is 18.6. The Morgan fingerprint density at radius 1 is 1.16 bits per heavy atom. The van der Waals surface area contributed by atoms with Crippen LogP contribution in [0.4, 0.5) is 20.3 Å². The lowest BCUT2D eigenvalue weighted by atomic mass is 9.97. The largest absolute Gasteiger partial charge is 0.494 e. The molecule has 0 unspecified atom stereocenters. The maximum atomic E-state index is 13.2. The molecular formula is C17H20F2N4O2. The smallest absolute Gasteiger partial charge is 0.273 e. The monoisotopic (exact) mass is 350 g/mol. The third-order valence-electron chi connectivity index (χ3n) is 3.11. The zero-order chi connectivity index (χ0) is 18.6. The summed E-state index contributed by atoms with van der Waals surface area (Å²) in [5.41, 5.74) is 0.112. The van der Waals surface area contributed by atoms with Crippen LogP contribution in [0.15, 0.2) is 24.3 Å². The first-order valence-corrected chi connectivity index (χ1v) is 7.61. The number of methoxy groups -OCH3 is 1. The van der Waals surface area contributed by atoms with Gasteiger partial charge >= 0.3 is 0 Å². The van der Waals surface area contributed by atoms with E-state index in [4.69, 9.17) is 4.74 Å². The second-order valence-corrected chi connectivity index (χ2v) is 6.62. The van der Waals surface area contributed by atoms with Crippen molar-refractivity contribution in [3.63, 3.8) is 0 Å². The number of pyridine rings is 2. The van der Waals surface area contributed by atoms with Crippen LogP contribution in [0, 0.1) is 17.3 Å². The first-order valence-electron chi connectivity index (χ1n) is 7.61. The summed E-state index contributed by atoms with van der Waals surface area (Å²) in [5, 5.41) is 5.52. The van der Waals surface area contributed by atoms with Gasteiger partial charge in [-0.25, -0.2) is 4.98 Å². The molecule has 0 atom stereocenters. The second-order valence-electron chi connectivity index (χ2n) is 6.62. The van der Waals surface area contributed by atoms with Crippen molar-refractivity contribution in [3.8, 4) is 5.75 Å². The number of anilines is 2. The zero-order valence-electron chi connectivity index (χ0n) is 14.5. The van der Waals surface area contributed by atoms with E-state index >= 15 is 0 Å². The highest BCUT2D eigenvalue weighted by atomic mass is 19.1. The van der Waals surface area contributed by atoms with E-state index in [-0.39, 0.29) is 22.6 Å². The molecule has 0 aliphatic carbocycles. The number of hydrogen-bond donors (Lipinski definition) is 2. The van der Waals surface area contributed by atoms with Crippen LogP contribution in [0.1, 0.15) is 31.3 Å². The lowest BCUT2D eigenvalue weighted by molar-refractivity contribution is 0.0931. The minimum Gasteiger partial charge on any atom is -0.494 e. The van der Waals surface area contributed by atoms with E-state index in [2.05, 4.69) is 20.6 Å². The number of hydrogen-bond acceptors (Lipinski definition) is 5. The van der Waals surface area contributed by atoms with E-state index in [0.717, 1.165) is 12.1 Å². The fourth-order valence-electron chi connectivity index (χ4n) is 1.96. The molecular weight excluding hydrogens is 330 g/mol. The molecule has 0 aliphatic rings. The Kier molecular flexibility index (Phi) is 5.51. The SMILES string of the molecule is COc1ccc(Nc2cc(F)nc(F)c2)nc1C(=O)NCC(C)(C)C. The molecule has 2 aromatic heterocycles. The highest BCUT2D eigenvalue weighted by Gasteiger charge is 2.18. The van der Waals surface area contributed by atoms with Crippen LogP contribution in [0.2, 0.25) is 0 Å². The van der Waals surface area contributed by atoms with E-state index in [9.17, 15) is 13.6 Å². The fraction of sp³-hybridized carbons (Fsp3) is 0.353. The molecule has 0 spiro atoms. The molecule has 0 radical (unpaired) electrons. The molecule has 8 heteroatoms. The summed E-state index contributed by atoms with van der Waals surface area (Å²) in [6, 6.07) is 5.13. The number of nitrogens with one attached hydrogen (secondary N) is 2. The maximum Gasteiger partial charge on any atom is 0.273 e. The van der Waals surface area contributed by atoms with Crippen molar-refractivity contribution in [2.45, 2.75) is 20.8 Å². The molecule has 0 saturated heterocycles. The lowest BCUT2D eigenvalue weighted by Crippen LogP contribution is -2.33. The maximum absolute atomic E-state index is 13.2. The van der Waals surface area contributed by atoms with Gasteiger partial charge < -0.3 is 15.4 Å². The van der Waals surface area contributed by atoms with Crippen LogP contribution in [0.25, 0.3) is 0 Å². The van der Waals surface area contributed by atoms with Crippen LogP contribution in [0.3, 0.4) is 0 Å². The number of ether oxygens (including phenoxy) is 1. The van der Waals surface area contributed by atoms with Crippen molar-refractivity contribution in [2.24, 2.45) is 5.41 Å². The minimum atomic E-state index is -0.959. The third-order valence-corrected chi connectivity index (χ3v) is 3.11. The molecule has 0 bridgehead atoms.